The van der Waals surface area contributed by atoms with Gasteiger partial charge in [0.25, 0.3) is 0 Å². The summed E-state index contributed by atoms with van der Waals surface area (Å²) in [6.45, 7) is 1.23. The van der Waals surface area contributed by atoms with Crippen LogP contribution in [0, 0.1) is 5.82 Å². The third kappa shape index (κ3) is 3.39. The highest BCUT2D eigenvalue weighted by Crippen LogP contribution is 2.13. The highest BCUT2D eigenvalue weighted by Gasteiger charge is 2.08. The lowest BCUT2D eigenvalue weighted by molar-refractivity contribution is 0.540. The molecular weight excluding hydrogens is 227 g/mol. The highest BCUT2D eigenvalue weighted by molar-refractivity contribution is 5.21. The van der Waals surface area contributed by atoms with Crippen molar-refractivity contribution in [1.82, 2.24) is 5.32 Å². The maximum Gasteiger partial charge on any atom is 0.123 e. The molecule has 18 heavy (non-hydrogen) atoms. The summed E-state index contributed by atoms with van der Waals surface area (Å²) >= 11 is 0. The van der Waals surface area contributed by atoms with Crippen LogP contribution in [0.15, 0.2) is 54.6 Å². The van der Waals surface area contributed by atoms with Gasteiger partial charge in [-0.15, -0.1) is 0 Å². The van der Waals surface area contributed by atoms with E-state index in [0.717, 1.165) is 12.1 Å². The summed E-state index contributed by atoms with van der Waals surface area (Å²) in [7, 11) is 0. The Labute approximate surface area is 107 Å². The minimum atomic E-state index is -0.224. The molecule has 0 aliphatic heterocycles. The van der Waals surface area contributed by atoms with Gasteiger partial charge in [0.1, 0.15) is 5.82 Å². The normalized spacial score (nSPS) is 12.3. The second-order valence-electron chi connectivity index (χ2n) is 4.21. The number of hydrogen-bond donors (Lipinski definition) is 2. The molecule has 0 aliphatic carbocycles. The molecule has 2 aromatic carbocycles. The number of nitrogens with two attached hydrogens (primary N) is 1. The SMILES string of the molecule is NCC(NCc1ccccc1)c1ccc(F)cc1. The van der Waals surface area contributed by atoms with Crippen LogP contribution in [0.5, 0.6) is 0 Å². The highest BCUT2D eigenvalue weighted by atomic mass is 19.1. The monoisotopic (exact) mass is 244 g/mol. The lowest BCUT2D eigenvalue weighted by Gasteiger charge is -2.17. The van der Waals surface area contributed by atoms with E-state index in [1.54, 1.807) is 12.1 Å². The quantitative estimate of drug-likeness (QED) is 0.848. The predicted molar refractivity (Wildman–Crippen MR) is 71.5 cm³/mol. The van der Waals surface area contributed by atoms with Crippen LogP contribution in [0.4, 0.5) is 4.39 Å². The van der Waals surface area contributed by atoms with Crippen LogP contribution in [-0.4, -0.2) is 6.54 Å². The Morgan fingerprint density at radius 3 is 2.28 bits per heavy atom. The fraction of sp³-hybridized carbons (Fsp3) is 0.200. The third-order valence-corrected chi connectivity index (χ3v) is 2.90. The first-order valence-corrected chi connectivity index (χ1v) is 6.02. The molecule has 0 radical (unpaired) electrons. The van der Waals surface area contributed by atoms with Crippen molar-refractivity contribution in [2.75, 3.05) is 6.54 Å². The number of benzene rings is 2. The Hall–Kier alpha value is -1.71. The topological polar surface area (TPSA) is 38.0 Å². The van der Waals surface area contributed by atoms with Crippen molar-refractivity contribution < 1.29 is 4.39 Å². The Kier molecular flexibility index (Phi) is 4.45. The summed E-state index contributed by atoms with van der Waals surface area (Å²) in [5.74, 6) is -0.224. The van der Waals surface area contributed by atoms with E-state index in [0.29, 0.717) is 6.54 Å². The molecule has 0 amide bonds. The number of rotatable bonds is 5. The van der Waals surface area contributed by atoms with Crippen LogP contribution < -0.4 is 11.1 Å². The molecule has 0 aliphatic rings. The summed E-state index contributed by atoms with van der Waals surface area (Å²) in [6.07, 6.45) is 0. The van der Waals surface area contributed by atoms with E-state index in [-0.39, 0.29) is 11.9 Å². The maximum atomic E-state index is 12.9. The molecule has 0 fully saturated rings. The molecule has 0 aromatic heterocycles. The van der Waals surface area contributed by atoms with E-state index in [1.165, 1.54) is 17.7 Å². The van der Waals surface area contributed by atoms with E-state index in [1.807, 2.05) is 18.2 Å². The predicted octanol–water partition coefficient (Wildman–Crippen LogP) is 2.62. The van der Waals surface area contributed by atoms with Gasteiger partial charge < -0.3 is 11.1 Å². The standard InChI is InChI=1S/C15H17FN2/c16-14-8-6-13(7-9-14)15(10-17)18-11-12-4-2-1-3-5-12/h1-9,15,18H,10-11,17H2. The lowest BCUT2D eigenvalue weighted by Crippen LogP contribution is -2.27. The van der Waals surface area contributed by atoms with Gasteiger partial charge in [-0.2, -0.15) is 0 Å². The first kappa shape index (κ1) is 12.7. The second kappa shape index (κ2) is 6.28. The Morgan fingerprint density at radius 2 is 1.67 bits per heavy atom. The number of nitrogens with one attached hydrogen (secondary N) is 1. The number of hydrogen-bond acceptors (Lipinski definition) is 2. The van der Waals surface area contributed by atoms with Gasteiger partial charge in [-0.25, -0.2) is 4.39 Å². The Morgan fingerprint density at radius 1 is 1.00 bits per heavy atom. The van der Waals surface area contributed by atoms with Gasteiger partial charge in [-0.1, -0.05) is 42.5 Å². The van der Waals surface area contributed by atoms with Gasteiger partial charge in [0.15, 0.2) is 0 Å². The van der Waals surface area contributed by atoms with Crippen LogP contribution in [0.2, 0.25) is 0 Å². The first-order chi connectivity index (χ1) is 8.79. The molecule has 0 saturated carbocycles. The van der Waals surface area contributed by atoms with Crippen molar-refractivity contribution in [3.63, 3.8) is 0 Å². The van der Waals surface area contributed by atoms with Crippen molar-refractivity contribution in [1.29, 1.82) is 0 Å². The summed E-state index contributed by atoms with van der Waals surface area (Å²) in [4.78, 5) is 0. The average Bonchev–Trinajstić information content (AvgIpc) is 2.42. The van der Waals surface area contributed by atoms with Crippen LogP contribution in [-0.2, 0) is 6.54 Å². The molecule has 2 aromatic rings. The fourth-order valence-electron chi connectivity index (χ4n) is 1.87. The third-order valence-electron chi connectivity index (χ3n) is 2.90. The van der Waals surface area contributed by atoms with E-state index in [4.69, 9.17) is 5.73 Å². The Bertz CT molecular complexity index is 468. The minimum absolute atomic E-state index is 0.0470. The van der Waals surface area contributed by atoms with Crippen LogP contribution in [0.3, 0.4) is 0 Å². The van der Waals surface area contributed by atoms with Crippen LogP contribution in [0.25, 0.3) is 0 Å². The fourth-order valence-corrected chi connectivity index (χ4v) is 1.87. The second-order valence-corrected chi connectivity index (χ2v) is 4.21. The minimum Gasteiger partial charge on any atom is -0.329 e. The molecule has 1 atom stereocenters. The van der Waals surface area contributed by atoms with Gasteiger partial charge in [0.2, 0.25) is 0 Å². The average molecular weight is 244 g/mol. The van der Waals surface area contributed by atoms with Gasteiger partial charge in [0.05, 0.1) is 0 Å². The summed E-state index contributed by atoms with van der Waals surface area (Å²) in [5.41, 5.74) is 7.97. The zero-order valence-electron chi connectivity index (χ0n) is 10.1. The van der Waals surface area contributed by atoms with Crippen molar-refractivity contribution in [3.8, 4) is 0 Å². The van der Waals surface area contributed by atoms with Gasteiger partial charge in [0, 0.05) is 19.1 Å². The lowest BCUT2D eigenvalue weighted by atomic mass is 10.1. The smallest absolute Gasteiger partial charge is 0.123 e. The van der Waals surface area contributed by atoms with Crippen LogP contribution >= 0.6 is 0 Å². The molecule has 2 nitrogen and oxygen atoms in total. The van der Waals surface area contributed by atoms with Gasteiger partial charge in [-0.05, 0) is 23.3 Å². The van der Waals surface area contributed by atoms with Gasteiger partial charge >= 0.3 is 0 Å². The van der Waals surface area contributed by atoms with Crippen molar-refractivity contribution in [2.45, 2.75) is 12.6 Å². The van der Waals surface area contributed by atoms with Crippen molar-refractivity contribution in [2.24, 2.45) is 5.73 Å². The Balaban J connectivity index is 1.99. The molecule has 94 valence electrons. The van der Waals surface area contributed by atoms with Crippen LogP contribution in [0.1, 0.15) is 17.2 Å². The summed E-state index contributed by atoms with van der Waals surface area (Å²) < 4.78 is 12.9. The molecule has 1 unspecified atom stereocenters. The summed E-state index contributed by atoms with van der Waals surface area (Å²) in [6, 6.07) is 16.6. The summed E-state index contributed by atoms with van der Waals surface area (Å²) in [5, 5.41) is 3.37. The van der Waals surface area contributed by atoms with Gasteiger partial charge in [-0.3, -0.25) is 0 Å². The molecule has 0 spiro atoms. The van der Waals surface area contributed by atoms with Crippen molar-refractivity contribution in [3.05, 3.63) is 71.5 Å². The first-order valence-electron chi connectivity index (χ1n) is 6.02. The maximum absolute atomic E-state index is 12.9. The number of halogens is 1. The zero-order chi connectivity index (χ0) is 12.8. The molecule has 0 saturated heterocycles. The van der Waals surface area contributed by atoms with E-state index >= 15 is 0 Å². The zero-order valence-corrected chi connectivity index (χ0v) is 10.1. The van der Waals surface area contributed by atoms with Crippen molar-refractivity contribution >= 4 is 0 Å². The molecule has 0 heterocycles. The molecule has 0 bridgehead atoms. The molecule has 2 rings (SSSR count). The largest absolute Gasteiger partial charge is 0.329 e. The molecule has 3 N–H and O–H groups in total. The van der Waals surface area contributed by atoms with E-state index in [2.05, 4.69) is 17.4 Å². The van der Waals surface area contributed by atoms with E-state index in [9.17, 15) is 4.39 Å². The molecular formula is C15H17FN2. The molecule has 3 heteroatoms. The van der Waals surface area contributed by atoms with E-state index < -0.39 is 0 Å².